The van der Waals surface area contributed by atoms with Crippen molar-refractivity contribution in [3.63, 3.8) is 0 Å². The summed E-state index contributed by atoms with van der Waals surface area (Å²) in [7, 11) is 0. The smallest absolute Gasteiger partial charge is 0.407 e. The van der Waals surface area contributed by atoms with Crippen LogP contribution in [0, 0.1) is 6.92 Å². The van der Waals surface area contributed by atoms with Gasteiger partial charge in [0.05, 0.1) is 19.3 Å². The van der Waals surface area contributed by atoms with E-state index < -0.39 is 12.1 Å². The standard InChI is InChI=1S/C26H28N4O4/c1-19-22(16-29-15-13-27-18-29)25-21(8-5-9-23(25)30(19)14-11-24(31)32)10-12-28-26(33)34-17-20-6-3-2-4-7-20/h2-9,13,15,18H,10-12,14,16-17H2,1H3,(H,28,33)(H,31,32). The summed E-state index contributed by atoms with van der Waals surface area (Å²) >= 11 is 0. The van der Waals surface area contributed by atoms with Gasteiger partial charge < -0.3 is 24.3 Å². The van der Waals surface area contributed by atoms with Gasteiger partial charge in [-0.1, -0.05) is 42.5 Å². The highest BCUT2D eigenvalue weighted by Gasteiger charge is 2.18. The maximum absolute atomic E-state index is 12.2. The minimum absolute atomic E-state index is 0.0498. The fourth-order valence-electron chi connectivity index (χ4n) is 4.22. The molecule has 2 aromatic heterocycles. The number of nitrogens with one attached hydrogen (secondary N) is 1. The molecule has 34 heavy (non-hydrogen) atoms. The SMILES string of the molecule is Cc1c(Cn2ccnc2)c2c(CCNC(=O)OCc3ccccc3)cccc2n1CCC(=O)O. The summed E-state index contributed by atoms with van der Waals surface area (Å²) < 4.78 is 9.37. The Hall–Kier alpha value is -4.07. The second-order valence-corrected chi connectivity index (χ2v) is 8.14. The van der Waals surface area contributed by atoms with Crippen molar-refractivity contribution < 1.29 is 19.4 Å². The number of carboxylic acid groups (broad SMARTS) is 1. The molecule has 0 aliphatic heterocycles. The number of aliphatic carboxylic acids is 1. The second kappa shape index (κ2) is 10.7. The lowest BCUT2D eigenvalue weighted by Gasteiger charge is -2.10. The zero-order valence-corrected chi connectivity index (χ0v) is 19.1. The minimum atomic E-state index is -0.827. The first-order valence-electron chi connectivity index (χ1n) is 11.2. The lowest BCUT2D eigenvalue weighted by Crippen LogP contribution is -2.26. The number of aryl methyl sites for hydroxylation is 1. The number of hydrogen-bond donors (Lipinski definition) is 2. The maximum Gasteiger partial charge on any atom is 0.407 e. The van der Waals surface area contributed by atoms with Crippen molar-refractivity contribution in [1.29, 1.82) is 0 Å². The lowest BCUT2D eigenvalue weighted by molar-refractivity contribution is -0.137. The van der Waals surface area contributed by atoms with Gasteiger partial charge in [0, 0.05) is 47.6 Å². The lowest BCUT2D eigenvalue weighted by atomic mass is 10.0. The molecule has 0 spiro atoms. The van der Waals surface area contributed by atoms with E-state index in [1.807, 2.05) is 60.2 Å². The van der Waals surface area contributed by atoms with Crippen LogP contribution in [0.5, 0.6) is 0 Å². The number of carboxylic acids is 1. The highest BCUT2D eigenvalue weighted by molar-refractivity contribution is 5.89. The van der Waals surface area contributed by atoms with Crippen LogP contribution in [0.1, 0.15) is 28.8 Å². The van der Waals surface area contributed by atoms with Gasteiger partial charge >= 0.3 is 12.1 Å². The van der Waals surface area contributed by atoms with Crippen molar-refractivity contribution in [1.82, 2.24) is 19.4 Å². The predicted octanol–water partition coefficient (Wildman–Crippen LogP) is 4.14. The Kier molecular flexibility index (Phi) is 7.27. The van der Waals surface area contributed by atoms with E-state index in [-0.39, 0.29) is 13.0 Å². The Labute approximate surface area is 197 Å². The summed E-state index contributed by atoms with van der Waals surface area (Å²) in [5.74, 6) is -0.827. The van der Waals surface area contributed by atoms with Gasteiger partial charge in [0.15, 0.2) is 0 Å². The van der Waals surface area contributed by atoms with E-state index >= 15 is 0 Å². The molecule has 2 N–H and O–H groups in total. The van der Waals surface area contributed by atoms with Crippen molar-refractivity contribution in [3.8, 4) is 0 Å². The molecule has 176 valence electrons. The fourth-order valence-corrected chi connectivity index (χ4v) is 4.22. The quantitative estimate of drug-likeness (QED) is 0.371. The van der Waals surface area contributed by atoms with Crippen molar-refractivity contribution in [2.24, 2.45) is 0 Å². The van der Waals surface area contributed by atoms with Crippen LogP contribution in [-0.2, 0) is 35.6 Å². The summed E-state index contributed by atoms with van der Waals surface area (Å²) in [4.78, 5) is 27.5. The number of imidazole rings is 1. The van der Waals surface area contributed by atoms with Crippen LogP contribution < -0.4 is 5.32 Å². The van der Waals surface area contributed by atoms with Crippen LogP contribution in [0.15, 0.2) is 67.3 Å². The van der Waals surface area contributed by atoms with E-state index in [4.69, 9.17) is 4.74 Å². The summed E-state index contributed by atoms with van der Waals surface area (Å²) in [5, 5.41) is 13.1. The van der Waals surface area contributed by atoms with E-state index in [0.29, 0.717) is 26.1 Å². The monoisotopic (exact) mass is 460 g/mol. The summed E-state index contributed by atoms with van der Waals surface area (Å²) in [6.07, 6.45) is 5.64. The Balaban J connectivity index is 1.51. The molecule has 0 aliphatic rings. The largest absolute Gasteiger partial charge is 0.481 e. The number of carbonyl (C=O) groups excluding carboxylic acids is 1. The van der Waals surface area contributed by atoms with Crippen LogP contribution >= 0.6 is 0 Å². The first-order chi connectivity index (χ1) is 16.5. The number of amides is 1. The molecule has 0 radical (unpaired) electrons. The van der Waals surface area contributed by atoms with Gasteiger partial charge in [-0.25, -0.2) is 9.78 Å². The normalized spacial score (nSPS) is 11.0. The van der Waals surface area contributed by atoms with Gasteiger partial charge in [-0.05, 0) is 30.5 Å². The predicted molar refractivity (Wildman–Crippen MR) is 129 cm³/mol. The van der Waals surface area contributed by atoms with Gasteiger partial charge in [-0.3, -0.25) is 4.79 Å². The average Bonchev–Trinajstić information content (AvgIpc) is 3.44. The first kappa shape index (κ1) is 23.1. The van der Waals surface area contributed by atoms with Gasteiger partial charge in [0.2, 0.25) is 0 Å². The van der Waals surface area contributed by atoms with E-state index in [0.717, 1.165) is 33.3 Å². The molecule has 8 nitrogen and oxygen atoms in total. The molecule has 2 heterocycles. The number of aromatic nitrogens is 3. The highest BCUT2D eigenvalue weighted by Crippen LogP contribution is 2.30. The zero-order chi connectivity index (χ0) is 23.9. The van der Waals surface area contributed by atoms with Gasteiger partial charge in [-0.2, -0.15) is 0 Å². The minimum Gasteiger partial charge on any atom is -0.481 e. The third-order valence-electron chi connectivity index (χ3n) is 5.89. The molecular formula is C26H28N4O4. The summed E-state index contributed by atoms with van der Waals surface area (Å²) in [5.41, 5.74) is 5.18. The number of fused-ring (bicyclic) bond motifs is 1. The molecule has 0 saturated carbocycles. The van der Waals surface area contributed by atoms with Crippen LogP contribution in [-0.4, -0.2) is 37.8 Å². The van der Waals surface area contributed by atoms with Crippen LogP contribution in [0.25, 0.3) is 10.9 Å². The average molecular weight is 461 g/mol. The molecule has 8 heteroatoms. The molecule has 0 saturated heterocycles. The Morgan fingerprint density at radius 2 is 1.94 bits per heavy atom. The number of nitrogens with zero attached hydrogens (tertiary/aromatic N) is 3. The fraction of sp³-hybridized carbons (Fsp3) is 0.269. The van der Waals surface area contributed by atoms with Gasteiger partial charge in [-0.15, -0.1) is 0 Å². The summed E-state index contributed by atoms with van der Waals surface area (Å²) in [6.45, 7) is 3.71. The van der Waals surface area contributed by atoms with Crippen LogP contribution in [0.2, 0.25) is 0 Å². The Morgan fingerprint density at radius 1 is 1.12 bits per heavy atom. The topological polar surface area (TPSA) is 98.4 Å². The molecule has 0 unspecified atom stereocenters. The van der Waals surface area contributed by atoms with E-state index in [9.17, 15) is 14.7 Å². The number of alkyl carbamates (subject to hydrolysis) is 1. The van der Waals surface area contributed by atoms with Crippen LogP contribution in [0.3, 0.4) is 0 Å². The third-order valence-corrected chi connectivity index (χ3v) is 5.89. The number of rotatable bonds is 10. The Bertz CT molecular complexity index is 1260. The van der Waals surface area contributed by atoms with E-state index in [1.165, 1.54) is 0 Å². The zero-order valence-electron chi connectivity index (χ0n) is 19.1. The molecule has 4 aromatic rings. The van der Waals surface area contributed by atoms with Crippen LogP contribution in [0.4, 0.5) is 4.79 Å². The molecule has 2 aromatic carbocycles. The first-order valence-corrected chi connectivity index (χ1v) is 11.2. The summed E-state index contributed by atoms with van der Waals surface area (Å²) in [6, 6.07) is 15.6. The molecule has 0 atom stereocenters. The molecule has 0 aliphatic carbocycles. The molecule has 0 bridgehead atoms. The van der Waals surface area contributed by atoms with E-state index in [2.05, 4.69) is 20.9 Å². The second-order valence-electron chi connectivity index (χ2n) is 8.14. The highest BCUT2D eigenvalue weighted by atomic mass is 16.5. The van der Waals surface area contributed by atoms with Crippen molar-refractivity contribution in [2.45, 2.75) is 39.5 Å². The number of carbonyl (C=O) groups is 2. The van der Waals surface area contributed by atoms with Gasteiger partial charge in [0.1, 0.15) is 6.61 Å². The molecule has 0 fully saturated rings. The third kappa shape index (κ3) is 5.46. The number of benzene rings is 2. The van der Waals surface area contributed by atoms with Crippen molar-refractivity contribution >= 4 is 23.0 Å². The molecule has 4 rings (SSSR count). The number of hydrogen-bond acceptors (Lipinski definition) is 4. The van der Waals surface area contributed by atoms with Crippen molar-refractivity contribution in [3.05, 3.63) is 89.6 Å². The molecular weight excluding hydrogens is 432 g/mol. The molecule has 1 amide bonds. The van der Waals surface area contributed by atoms with Crippen molar-refractivity contribution in [2.75, 3.05) is 6.54 Å². The van der Waals surface area contributed by atoms with E-state index in [1.54, 1.807) is 12.5 Å². The number of ether oxygens (including phenoxy) is 1. The van der Waals surface area contributed by atoms with Gasteiger partial charge in [0.25, 0.3) is 0 Å². The maximum atomic E-state index is 12.2. The Morgan fingerprint density at radius 3 is 2.68 bits per heavy atom.